The predicted octanol–water partition coefficient (Wildman–Crippen LogP) is 2.19. The molecule has 2 aliphatic rings. The minimum Gasteiger partial charge on any atom is -0.481 e. The molecule has 0 bridgehead atoms. The van der Waals surface area contributed by atoms with Gasteiger partial charge in [0, 0.05) is 24.2 Å². The molecule has 1 saturated heterocycles. The molecule has 0 radical (unpaired) electrons. The van der Waals surface area contributed by atoms with Gasteiger partial charge in [-0.15, -0.1) is 0 Å². The summed E-state index contributed by atoms with van der Waals surface area (Å²) in [5, 5.41) is 9.23. The van der Waals surface area contributed by atoms with E-state index in [-0.39, 0.29) is 18.0 Å². The SMILES string of the molecule is CN1CCC(C)(C)N(C2CCCC2)C(CC(=O)O)C1. The fraction of sp³-hybridized carbons (Fsp3) is 0.933. The van der Waals surface area contributed by atoms with Crippen LogP contribution in [0.15, 0.2) is 0 Å². The molecule has 19 heavy (non-hydrogen) atoms. The first-order valence-corrected chi connectivity index (χ1v) is 7.59. The minimum atomic E-state index is -0.668. The van der Waals surface area contributed by atoms with Gasteiger partial charge in [0.05, 0.1) is 6.42 Å². The maximum atomic E-state index is 11.2. The molecule has 4 heteroatoms. The van der Waals surface area contributed by atoms with Gasteiger partial charge >= 0.3 is 5.97 Å². The topological polar surface area (TPSA) is 43.8 Å². The molecule has 2 rings (SSSR count). The van der Waals surface area contributed by atoms with E-state index in [2.05, 4.69) is 30.7 Å². The van der Waals surface area contributed by atoms with Crippen LogP contribution in [0.3, 0.4) is 0 Å². The van der Waals surface area contributed by atoms with Gasteiger partial charge in [-0.3, -0.25) is 9.69 Å². The van der Waals surface area contributed by atoms with Crippen molar-refractivity contribution < 1.29 is 9.90 Å². The van der Waals surface area contributed by atoms with Gasteiger partial charge in [0.1, 0.15) is 0 Å². The Morgan fingerprint density at radius 1 is 1.32 bits per heavy atom. The van der Waals surface area contributed by atoms with Crippen LogP contribution in [0.2, 0.25) is 0 Å². The number of hydrogen-bond acceptors (Lipinski definition) is 3. The van der Waals surface area contributed by atoms with Gasteiger partial charge in [-0.2, -0.15) is 0 Å². The highest BCUT2D eigenvalue weighted by Gasteiger charge is 2.41. The Morgan fingerprint density at radius 3 is 2.53 bits per heavy atom. The monoisotopic (exact) mass is 268 g/mol. The summed E-state index contributed by atoms with van der Waals surface area (Å²) < 4.78 is 0. The summed E-state index contributed by atoms with van der Waals surface area (Å²) in [4.78, 5) is 16.1. The summed E-state index contributed by atoms with van der Waals surface area (Å²) in [5.74, 6) is -0.668. The summed E-state index contributed by atoms with van der Waals surface area (Å²) >= 11 is 0. The molecule has 0 aromatic heterocycles. The van der Waals surface area contributed by atoms with E-state index in [9.17, 15) is 9.90 Å². The Hall–Kier alpha value is -0.610. The molecule has 1 heterocycles. The zero-order valence-electron chi connectivity index (χ0n) is 12.6. The molecule has 1 saturated carbocycles. The first-order chi connectivity index (χ1) is 8.90. The number of likely N-dealkylation sites (N-methyl/N-ethyl adjacent to an activating group) is 1. The van der Waals surface area contributed by atoms with Gasteiger partial charge in [0.15, 0.2) is 0 Å². The van der Waals surface area contributed by atoms with Crippen LogP contribution in [0.25, 0.3) is 0 Å². The largest absolute Gasteiger partial charge is 0.481 e. The van der Waals surface area contributed by atoms with Gasteiger partial charge < -0.3 is 10.0 Å². The molecule has 0 aromatic carbocycles. The molecule has 1 aliphatic heterocycles. The third kappa shape index (κ3) is 3.48. The molecule has 0 aromatic rings. The van der Waals surface area contributed by atoms with Gasteiger partial charge in [0.2, 0.25) is 0 Å². The maximum Gasteiger partial charge on any atom is 0.304 e. The number of aliphatic carboxylic acids is 1. The zero-order valence-corrected chi connectivity index (χ0v) is 12.6. The maximum absolute atomic E-state index is 11.2. The van der Waals surface area contributed by atoms with Crippen molar-refractivity contribution in [1.82, 2.24) is 9.80 Å². The average Bonchev–Trinajstić information content (AvgIpc) is 2.75. The number of hydrogen-bond donors (Lipinski definition) is 1. The zero-order chi connectivity index (χ0) is 14.0. The third-order valence-electron chi connectivity index (χ3n) is 4.85. The Balaban J connectivity index is 2.23. The second kappa shape index (κ2) is 5.80. The van der Waals surface area contributed by atoms with Gasteiger partial charge in [0.25, 0.3) is 0 Å². The van der Waals surface area contributed by atoms with Crippen LogP contribution in [0.1, 0.15) is 52.4 Å². The summed E-state index contributed by atoms with van der Waals surface area (Å²) in [6.07, 6.45) is 6.46. The van der Waals surface area contributed by atoms with Crippen molar-refractivity contribution in [1.29, 1.82) is 0 Å². The Bertz CT molecular complexity index is 324. The van der Waals surface area contributed by atoms with Gasteiger partial charge in [-0.1, -0.05) is 12.8 Å². The Labute approximate surface area is 116 Å². The van der Waals surface area contributed by atoms with Crippen molar-refractivity contribution in [3.8, 4) is 0 Å². The van der Waals surface area contributed by atoms with Crippen LogP contribution in [0.4, 0.5) is 0 Å². The van der Waals surface area contributed by atoms with Crippen LogP contribution in [0, 0.1) is 0 Å². The molecular formula is C15H28N2O2. The van der Waals surface area contributed by atoms with Crippen molar-refractivity contribution in [2.45, 2.75) is 70.0 Å². The summed E-state index contributed by atoms with van der Waals surface area (Å²) in [7, 11) is 2.11. The van der Waals surface area contributed by atoms with E-state index in [0.717, 1.165) is 19.5 Å². The first kappa shape index (κ1) is 14.8. The summed E-state index contributed by atoms with van der Waals surface area (Å²) in [6, 6.07) is 0.744. The van der Waals surface area contributed by atoms with Crippen LogP contribution >= 0.6 is 0 Å². The quantitative estimate of drug-likeness (QED) is 0.852. The smallest absolute Gasteiger partial charge is 0.304 e. The molecule has 1 N–H and O–H groups in total. The molecule has 1 unspecified atom stereocenters. The number of carboxylic acids is 1. The number of nitrogens with zero attached hydrogens (tertiary/aromatic N) is 2. The summed E-state index contributed by atoms with van der Waals surface area (Å²) in [5.41, 5.74) is 0.111. The second-order valence-electron chi connectivity index (χ2n) is 6.92. The molecular weight excluding hydrogens is 240 g/mol. The van der Waals surface area contributed by atoms with Crippen molar-refractivity contribution in [2.75, 3.05) is 20.1 Å². The standard InChI is InChI=1S/C15H28N2O2/c1-15(2)8-9-16(3)11-13(10-14(18)19)17(15)12-6-4-5-7-12/h12-13H,4-11H2,1-3H3,(H,18,19). The fourth-order valence-corrected chi connectivity index (χ4v) is 3.97. The lowest BCUT2D eigenvalue weighted by Crippen LogP contribution is -2.55. The number of carboxylic acid groups (broad SMARTS) is 1. The van der Waals surface area contributed by atoms with Crippen LogP contribution in [-0.2, 0) is 4.79 Å². The van der Waals surface area contributed by atoms with Gasteiger partial charge in [-0.25, -0.2) is 0 Å². The van der Waals surface area contributed by atoms with E-state index in [1.807, 2.05) is 0 Å². The fourth-order valence-electron chi connectivity index (χ4n) is 3.97. The first-order valence-electron chi connectivity index (χ1n) is 7.59. The van der Waals surface area contributed by atoms with Crippen molar-refractivity contribution in [2.24, 2.45) is 0 Å². The Morgan fingerprint density at radius 2 is 1.95 bits per heavy atom. The minimum absolute atomic E-state index is 0.111. The highest BCUT2D eigenvalue weighted by Crippen LogP contribution is 2.35. The van der Waals surface area contributed by atoms with Crippen LogP contribution in [0.5, 0.6) is 0 Å². The van der Waals surface area contributed by atoms with E-state index in [1.54, 1.807) is 0 Å². The number of carbonyl (C=O) groups is 1. The molecule has 0 spiro atoms. The normalized spacial score (nSPS) is 30.4. The Kier molecular flexibility index (Phi) is 4.51. The molecule has 1 atom stereocenters. The van der Waals surface area contributed by atoms with E-state index in [0.29, 0.717) is 6.04 Å². The predicted molar refractivity (Wildman–Crippen MR) is 76.3 cm³/mol. The van der Waals surface area contributed by atoms with Crippen molar-refractivity contribution >= 4 is 5.97 Å². The molecule has 1 aliphatic carbocycles. The third-order valence-corrected chi connectivity index (χ3v) is 4.85. The van der Waals surface area contributed by atoms with Crippen LogP contribution in [-0.4, -0.2) is 58.6 Å². The lowest BCUT2D eigenvalue weighted by molar-refractivity contribution is -0.139. The van der Waals surface area contributed by atoms with E-state index in [1.165, 1.54) is 25.7 Å². The molecule has 2 fully saturated rings. The van der Waals surface area contributed by atoms with E-state index >= 15 is 0 Å². The highest BCUT2D eigenvalue weighted by molar-refractivity contribution is 5.67. The van der Waals surface area contributed by atoms with Crippen molar-refractivity contribution in [3.63, 3.8) is 0 Å². The van der Waals surface area contributed by atoms with Gasteiger partial charge in [-0.05, 0) is 46.7 Å². The molecule has 0 amide bonds. The highest BCUT2D eigenvalue weighted by atomic mass is 16.4. The molecule has 110 valence electrons. The van der Waals surface area contributed by atoms with Crippen molar-refractivity contribution in [3.05, 3.63) is 0 Å². The molecule has 4 nitrogen and oxygen atoms in total. The van der Waals surface area contributed by atoms with E-state index < -0.39 is 5.97 Å². The lowest BCUT2D eigenvalue weighted by Gasteiger charge is -2.45. The summed E-state index contributed by atoms with van der Waals surface area (Å²) in [6.45, 7) is 6.53. The second-order valence-corrected chi connectivity index (χ2v) is 6.92. The average molecular weight is 268 g/mol. The number of rotatable bonds is 3. The van der Waals surface area contributed by atoms with Crippen LogP contribution < -0.4 is 0 Å². The van der Waals surface area contributed by atoms with E-state index in [4.69, 9.17) is 0 Å². The lowest BCUT2D eigenvalue weighted by atomic mass is 9.93.